The highest BCUT2D eigenvalue weighted by Gasteiger charge is 2.45. The van der Waals surface area contributed by atoms with Gasteiger partial charge in [-0.1, -0.05) is 19.1 Å². The number of amides is 2. The van der Waals surface area contributed by atoms with Crippen molar-refractivity contribution in [3.63, 3.8) is 0 Å². The molecule has 0 atom stereocenters. The number of carbonyl (C=O) groups excluding carboxylic acids is 2. The van der Waals surface area contributed by atoms with Gasteiger partial charge in [-0.2, -0.15) is 5.26 Å². The van der Waals surface area contributed by atoms with E-state index < -0.39 is 11.5 Å². The summed E-state index contributed by atoms with van der Waals surface area (Å²) in [5.74, 6) is -0.214. The molecule has 10 heteroatoms. The van der Waals surface area contributed by atoms with Crippen LogP contribution in [0.2, 0.25) is 0 Å². The maximum absolute atomic E-state index is 13.0. The number of benzene rings is 1. The second-order valence-corrected chi connectivity index (χ2v) is 9.69. The van der Waals surface area contributed by atoms with Crippen LogP contribution in [0, 0.1) is 11.3 Å². The fraction of sp³-hybridized carbons (Fsp3) is 0.320. The molecular formula is C25H25N5O4S. The van der Waals surface area contributed by atoms with Gasteiger partial charge in [-0.25, -0.2) is 4.98 Å². The molecule has 0 aliphatic heterocycles. The second kappa shape index (κ2) is 10.2. The van der Waals surface area contributed by atoms with Crippen molar-refractivity contribution >= 4 is 34.7 Å². The van der Waals surface area contributed by atoms with Crippen LogP contribution >= 0.6 is 11.9 Å². The highest BCUT2D eigenvalue weighted by atomic mass is 32.2. The molecule has 0 radical (unpaired) electrons. The molecule has 2 N–H and O–H groups in total. The Hall–Kier alpha value is -3.84. The van der Waals surface area contributed by atoms with Crippen LogP contribution in [0.5, 0.6) is 5.88 Å². The number of hydrogen-bond acceptors (Lipinski definition) is 7. The van der Waals surface area contributed by atoms with Crippen molar-refractivity contribution in [2.75, 3.05) is 6.61 Å². The van der Waals surface area contributed by atoms with Crippen LogP contribution in [0.3, 0.4) is 0 Å². The summed E-state index contributed by atoms with van der Waals surface area (Å²) in [5.41, 5.74) is 1.41. The van der Waals surface area contributed by atoms with Gasteiger partial charge in [-0.3, -0.25) is 19.1 Å². The van der Waals surface area contributed by atoms with Gasteiger partial charge in [0, 0.05) is 31.6 Å². The number of hydrogen-bond donors (Lipinski definition) is 2. The summed E-state index contributed by atoms with van der Waals surface area (Å²) in [7, 11) is 1.58. The van der Waals surface area contributed by atoms with E-state index in [0.717, 1.165) is 18.4 Å². The summed E-state index contributed by atoms with van der Waals surface area (Å²) in [5, 5.41) is 12.3. The van der Waals surface area contributed by atoms with Crippen molar-refractivity contribution < 1.29 is 14.3 Å². The molecule has 180 valence electrons. The average Bonchev–Trinajstić information content (AvgIpc) is 3.66. The minimum Gasteiger partial charge on any atom is -0.475 e. The van der Waals surface area contributed by atoms with E-state index in [4.69, 9.17) is 10.00 Å². The first-order valence-electron chi connectivity index (χ1n) is 11.2. The Morgan fingerprint density at radius 2 is 2.00 bits per heavy atom. The summed E-state index contributed by atoms with van der Waals surface area (Å²) in [6.07, 6.45) is 3.82. The topological polar surface area (TPSA) is 126 Å². The van der Waals surface area contributed by atoms with Gasteiger partial charge < -0.3 is 14.6 Å². The van der Waals surface area contributed by atoms with Gasteiger partial charge >= 0.3 is 0 Å². The van der Waals surface area contributed by atoms with Crippen molar-refractivity contribution in [2.24, 2.45) is 7.05 Å². The predicted molar refractivity (Wildman–Crippen MR) is 133 cm³/mol. The minimum absolute atomic E-state index is 0.0160. The lowest BCUT2D eigenvalue weighted by molar-refractivity contribution is -0.118. The standard InChI is InChI=1S/C25H25N5O4S/c1-3-20(31)29-35-25(9-10-25)15-34-23-21-18(8-11-27-23)12-19(24(33)30(21)2)22(32)28-14-17-6-4-16(13-26)5-7-17/h4-8,11-12H,3,9-10,14-15H2,1-2H3,(H,28,32)(H,29,31). The van der Waals surface area contributed by atoms with E-state index in [1.54, 1.807) is 56.6 Å². The maximum Gasteiger partial charge on any atom is 0.263 e. The number of nitrogens with one attached hydrogen (secondary N) is 2. The summed E-state index contributed by atoms with van der Waals surface area (Å²) in [4.78, 5) is 41.7. The highest BCUT2D eigenvalue weighted by Crippen LogP contribution is 2.47. The molecule has 1 fully saturated rings. The number of rotatable bonds is 9. The molecular weight excluding hydrogens is 466 g/mol. The fourth-order valence-electron chi connectivity index (χ4n) is 3.50. The maximum atomic E-state index is 13.0. The summed E-state index contributed by atoms with van der Waals surface area (Å²) < 4.78 is 10.0. The number of aryl methyl sites for hydroxylation is 1. The van der Waals surface area contributed by atoms with Crippen molar-refractivity contribution in [2.45, 2.75) is 37.5 Å². The van der Waals surface area contributed by atoms with Crippen LogP contribution in [0.25, 0.3) is 10.9 Å². The quantitative estimate of drug-likeness (QED) is 0.441. The van der Waals surface area contributed by atoms with Crippen LogP contribution in [0.15, 0.2) is 47.4 Å². The Morgan fingerprint density at radius 1 is 1.26 bits per heavy atom. The van der Waals surface area contributed by atoms with E-state index in [-0.39, 0.29) is 22.8 Å². The zero-order valence-corrected chi connectivity index (χ0v) is 20.3. The fourth-order valence-corrected chi connectivity index (χ4v) is 4.40. The highest BCUT2D eigenvalue weighted by molar-refractivity contribution is 7.99. The lowest BCUT2D eigenvalue weighted by Gasteiger charge is -2.17. The first-order valence-corrected chi connectivity index (χ1v) is 12.0. The first-order chi connectivity index (χ1) is 16.9. The molecule has 1 aromatic carbocycles. The number of nitrogens with zero attached hydrogens (tertiary/aromatic N) is 3. The van der Waals surface area contributed by atoms with Crippen LogP contribution in [-0.4, -0.2) is 32.7 Å². The molecule has 0 bridgehead atoms. The van der Waals surface area contributed by atoms with Crippen molar-refractivity contribution in [3.05, 3.63) is 69.6 Å². The average molecular weight is 492 g/mol. The number of carbonyl (C=O) groups is 2. The minimum atomic E-state index is -0.490. The van der Waals surface area contributed by atoms with E-state index in [0.29, 0.717) is 35.4 Å². The van der Waals surface area contributed by atoms with Crippen LogP contribution in [0.4, 0.5) is 0 Å². The Balaban J connectivity index is 1.50. The number of nitriles is 1. The van der Waals surface area contributed by atoms with Gasteiger partial charge in [-0.05, 0) is 54.6 Å². The SMILES string of the molecule is CCC(=O)NSC1(COc2nccc3cc(C(=O)NCc4ccc(C#N)cc4)c(=O)n(C)c23)CC1. The third-order valence-electron chi connectivity index (χ3n) is 5.86. The summed E-state index contributed by atoms with van der Waals surface area (Å²) in [6, 6.07) is 12.2. The first kappa shape index (κ1) is 24.3. The second-order valence-electron chi connectivity index (χ2n) is 8.42. The molecule has 2 heterocycles. The Kier molecular flexibility index (Phi) is 7.07. The molecule has 1 saturated carbocycles. The van der Waals surface area contributed by atoms with E-state index in [9.17, 15) is 14.4 Å². The number of pyridine rings is 2. The number of fused-ring (bicyclic) bond motifs is 1. The van der Waals surface area contributed by atoms with Gasteiger partial charge in [0.25, 0.3) is 11.5 Å². The molecule has 4 rings (SSSR count). The number of ether oxygens (including phenoxy) is 1. The summed E-state index contributed by atoms with van der Waals surface area (Å²) in [6.45, 7) is 2.37. The molecule has 0 saturated heterocycles. The number of aromatic nitrogens is 2. The monoisotopic (exact) mass is 491 g/mol. The van der Waals surface area contributed by atoms with Crippen molar-refractivity contribution in [1.82, 2.24) is 19.6 Å². The largest absolute Gasteiger partial charge is 0.475 e. The van der Waals surface area contributed by atoms with E-state index >= 15 is 0 Å². The lowest BCUT2D eigenvalue weighted by Crippen LogP contribution is -2.32. The molecule has 1 aliphatic carbocycles. The Morgan fingerprint density at radius 3 is 2.66 bits per heavy atom. The van der Waals surface area contributed by atoms with E-state index in [1.807, 2.05) is 6.07 Å². The Labute approximate surface area is 206 Å². The van der Waals surface area contributed by atoms with E-state index in [2.05, 4.69) is 15.0 Å². The summed E-state index contributed by atoms with van der Waals surface area (Å²) >= 11 is 1.38. The van der Waals surface area contributed by atoms with Gasteiger partial charge in [0.05, 0.1) is 16.4 Å². The van der Waals surface area contributed by atoms with Crippen molar-refractivity contribution in [3.8, 4) is 11.9 Å². The molecule has 0 spiro atoms. The molecule has 2 amide bonds. The van der Waals surface area contributed by atoms with Gasteiger partial charge in [-0.15, -0.1) is 0 Å². The smallest absolute Gasteiger partial charge is 0.263 e. The van der Waals surface area contributed by atoms with Gasteiger partial charge in [0.15, 0.2) is 0 Å². The lowest BCUT2D eigenvalue weighted by atomic mass is 10.1. The van der Waals surface area contributed by atoms with Crippen LogP contribution in [-0.2, 0) is 18.4 Å². The normalized spacial score (nSPS) is 13.6. The molecule has 1 aliphatic rings. The molecule has 2 aromatic heterocycles. The zero-order valence-electron chi connectivity index (χ0n) is 19.5. The molecule has 3 aromatic rings. The predicted octanol–water partition coefficient (Wildman–Crippen LogP) is 2.82. The zero-order chi connectivity index (χ0) is 25.0. The molecule has 35 heavy (non-hydrogen) atoms. The van der Waals surface area contributed by atoms with Crippen LogP contribution in [0.1, 0.15) is 47.7 Å². The van der Waals surface area contributed by atoms with Gasteiger partial charge in [0.1, 0.15) is 17.7 Å². The van der Waals surface area contributed by atoms with Crippen LogP contribution < -0.4 is 20.3 Å². The van der Waals surface area contributed by atoms with E-state index in [1.165, 1.54) is 16.5 Å². The Bertz CT molecular complexity index is 1370. The third kappa shape index (κ3) is 5.46. The van der Waals surface area contributed by atoms with Gasteiger partial charge in [0.2, 0.25) is 11.8 Å². The third-order valence-corrected chi connectivity index (χ3v) is 7.14. The van der Waals surface area contributed by atoms with Crippen molar-refractivity contribution in [1.29, 1.82) is 5.26 Å². The molecule has 0 unspecified atom stereocenters. The molecule has 9 nitrogen and oxygen atoms in total.